The first kappa shape index (κ1) is 9.53. The fraction of sp³-hybridized carbons (Fsp3) is 0.250. The first-order chi connectivity index (χ1) is 7.31. The van der Waals surface area contributed by atoms with Gasteiger partial charge in [0, 0.05) is 13.1 Å². The summed E-state index contributed by atoms with van der Waals surface area (Å²) in [6.45, 7) is 0.807. The molecule has 15 heavy (non-hydrogen) atoms. The summed E-state index contributed by atoms with van der Waals surface area (Å²) < 4.78 is 0. The van der Waals surface area contributed by atoms with Gasteiger partial charge in [0.2, 0.25) is 0 Å². The summed E-state index contributed by atoms with van der Waals surface area (Å²) in [6, 6.07) is 0. The Bertz CT molecular complexity index is 479. The smallest absolute Gasteiger partial charge is 0.306 e. The number of nitrogens with one attached hydrogen (secondary N) is 3. The van der Waals surface area contributed by atoms with Gasteiger partial charge in [-0.1, -0.05) is 4.98 Å². The molecule has 0 aromatic carbocycles. The van der Waals surface area contributed by atoms with Gasteiger partial charge in [0.25, 0.3) is 5.82 Å². The lowest BCUT2D eigenvalue weighted by Crippen LogP contribution is -2.30. The molecule has 2 heterocycles. The molecule has 2 rings (SSSR count). The molecule has 0 spiro atoms. The van der Waals surface area contributed by atoms with E-state index in [0.29, 0.717) is 18.7 Å². The molecule has 0 atom stereocenters. The van der Waals surface area contributed by atoms with E-state index < -0.39 is 0 Å². The Kier molecular flexibility index (Phi) is 2.55. The molecule has 78 valence electrons. The van der Waals surface area contributed by atoms with Crippen LogP contribution >= 0.6 is 0 Å². The summed E-state index contributed by atoms with van der Waals surface area (Å²) in [6.07, 6.45) is 3.18. The highest BCUT2D eigenvalue weighted by molar-refractivity contribution is 5.91. The number of fused-ring (bicyclic) bond motifs is 1. The number of carbonyl (C=O) groups is 1. The zero-order valence-corrected chi connectivity index (χ0v) is 7.95. The fourth-order valence-electron chi connectivity index (χ4n) is 1.15. The number of rotatable bonds is 3. The maximum absolute atomic E-state index is 11.5. The number of imidazole rings is 1. The van der Waals surface area contributed by atoms with Crippen LogP contribution in [0.5, 0.6) is 0 Å². The van der Waals surface area contributed by atoms with E-state index >= 15 is 0 Å². The highest BCUT2D eigenvalue weighted by atomic mass is 16.2. The van der Waals surface area contributed by atoms with Gasteiger partial charge >= 0.3 is 11.6 Å². The molecule has 0 radical (unpaired) electrons. The van der Waals surface area contributed by atoms with Crippen LogP contribution in [0, 0.1) is 0 Å². The van der Waals surface area contributed by atoms with Crippen molar-refractivity contribution in [2.24, 2.45) is 5.73 Å². The lowest BCUT2D eigenvalue weighted by atomic mass is 10.4. The number of hydrogen-bond donors (Lipinski definition) is 3. The molecule has 0 aliphatic rings. The number of H-pyrrole nitrogens is 2. The molecule has 2 aromatic rings. The number of carbonyl (C=O) groups excluding carboxylic acids is 1. The molecule has 0 unspecified atom stereocenters. The summed E-state index contributed by atoms with van der Waals surface area (Å²) >= 11 is 0. The van der Waals surface area contributed by atoms with Crippen LogP contribution in [0.15, 0.2) is 12.5 Å². The minimum atomic E-state index is -0.322. The van der Waals surface area contributed by atoms with Crippen molar-refractivity contribution in [2.45, 2.75) is 0 Å². The topological polar surface area (TPSA) is 111 Å². The van der Waals surface area contributed by atoms with Crippen molar-refractivity contribution in [3.8, 4) is 0 Å². The van der Waals surface area contributed by atoms with E-state index in [0.717, 1.165) is 5.52 Å². The SMILES string of the molecule is NCCNC(=O)c1ncc2[nH]c[nH+]c2n1. The highest BCUT2D eigenvalue weighted by Gasteiger charge is 2.14. The third-order valence-corrected chi connectivity index (χ3v) is 1.86. The first-order valence-electron chi connectivity index (χ1n) is 4.51. The lowest BCUT2D eigenvalue weighted by Gasteiger charge is -1.97. The minimum Gasteiger partial charge on any atom is -0.347 e. The standard InChI is InChI=1S/C8H10N6O/c9-1-2-10-8(15)7-11-3-5-6(14-7)13-4-12-5/h3-4H,1-2,9H2,(H,10,15)(H,11,12,13,14)/p+1. The molecule has 1 amide bonds. The van der Waals surface area contributed by atoms with Gasteiger partial charge in [0.05, 0.1) is 6.20 Å². The molecule has 0 bridgehead atoms. The molecule has 2 aromatic heterocycles. The van der Waals surface area contributed by atoms with Crippen LogP contribution in [0.3, 0.4) is 0 Å². The van der Waals surface area contributed by atoms with E-state index in [9.17, 15) is 4.79 Å². The summed E-state index contributed by atoms with van der Waals surface area (Å²) in [4.78, 5) is 25.2. The highest BCUT2D eigenvalue weighted by Crippen LogP contribution is 2.00. The minimum absolute atomic E-state index is 0.131. The summed E-state index contributed by atoms with van der Waals surface area (Å²) in [5.41, 5.74) is 6.62. The molecular formula is C8H11N6O+. The van der Waals surface area contributed by atoms with E-state index in [-0.39, 0.29) is 11.7 Å². The summed E-state index contributed by atoms with van der Waals surface area (Å²) in [7, 11) is 0. The third-order valence-electron chi connectivity index (χ3n) is 1.86. The molecule has 0 aliphatic carbocycles. The number of aromatic nitrogens is 4. The zero-order valence-electron chi connectivity index (χ0n) is 7.95. The van der Waals surface area contributed by atoms with Gasteiger partial charge in [-0.15, -0.1) is 0 Å². The van der Waals surface area contributed by atoms with Crippen molar-refractivity contribution < 1.29 is 9.78 Å². The summed E-state index contributed by atoms with van der Waals surface area (Å²) in [5.74, 6) is -0.191. The third kappa shape index (κ3) is 1.91. The number of amides is 1. The molecule has 0 aliphatic heterocycles. The van der Waals surface area contributed by atoms with Gasteiger partial charge in [-0.25, -0.2) is 9.97 Å². The van der Waals surface area contributed by atoms with Crippen molar-refractivity contribution >= 4 is 17.1 Å². The predicted octanol–water partition coefficient (Wildman–Crippen LogP) is -1.54. The second-order valence-corrected chi connectivity index (χ2v) is 2.93. The lowest BCUT2D eigenvalue weighted by molar-refractivity contribution is -0.347. The molecule has 7 nitrogen and oxygen atoms in total. The molecular weight excluding hydrogens is 196 g/mol. The van der Waals surface area contributed by atoms with Crippen LogP contribution in [0.4, 0.5) is 0 Å². The Labute approximate surface area is 85.1 Å². The molecule has 0 saturated carbocycles. The molecule has 0 fully saturated rings. The van der Waals surface area contributed by atoms with Crippen molar-refractivity contribution in [3.05, 3.63) is 18.3 Å². The van der Waals surface area contributed by atoms with Crippen molar-refractivity contribution in [1.82, 2.24) is 20.3 Å². The quantitative estimate of drug-likeness (QED) is 0.566. The Morgan fingerprint density at radius 3 is 3.33 bits per heavy atom. The average molecular weight is 207 g/mol. The number of nitrogens with two attached hydrogens (primary N) is 1. The average Bonchev–Trinajstić information content (AvgIpc) is 2.72. The van der Waals surface area contributed by atoms with Crippen molar-refractivity contribution in [2.75, 3.05) is 13.1 Å². The van der Waals surface area contributed by atoms with Gasteiger partial charge in [0.1, 0.15) is 0 Å². The number of aromatic amines is 2. The van der Waals surface area contributed by atoms with Crippen LogP contribution in [0.25, 0.3) is 11.2 Å². The predicted molar refractivity (Wildman–Crippen MR) is 51.8 cm³/mol. The Morgan fingerprint density at radius 2 is 2.53 bits per heavy atom. The Morgan fingerprint density at radius 1 is 1.67 bits per heavy atom. The van der Waals surface area contributed by atoms with Crippen LogP contribution in [-0.4, -0.2) is 33.9 Å². The maximum atomic E-state index is 11.5. The van der Waals surface area contributed by atoms with Gasteiger partial charge in [-0.2, -0.15) is 0 Å². The van der Waals surface area contributed by atoms with Gasteiger partial charge in [-0.3, -0.25) is 9.78 Å². The fourth-order valence-corrected chi connectivity index (χ4v) is 1.15. The van der Waals surface area contributed by atoms with Gasteiger partial charge in [-0.05, 0) is 0 Å². The van der Waals surface area contributed by atoms with E-state index in [1.807, 2.05) is 0 Å². The van der Waals surface area contributed by atoms with Crippen LogP contribution in [-0.2, 0) is 0 Å². The summed E-state index contributed by atoms with van der Waals surface area (Å²) in [5, 5.41) is 2.59. The number of hydrogen-bond acceptors (Lipinski definition) is 4. The van der Waals surface area contributed by atoms with Gasteiger partial charge < -0.3 is 11.1 Å². The van der Waals surface area contributed by atoms with Crippen LogP contribution in [0.1, 0.15) is 10.6 Å². The Balaban J connectivity index is 2.23. The van der Waals surface area contributed by atoms with Crippen molar-refractivity contribution in [3.63, 3.8) is 0 Å². The van der Waals surface area contributed by atoms with Gasteiger partial charge in [0.15, 0.2) is 11.8 Å². The molecule has 7 heteroatoms. The molecule has 0 saturated heterocycles. The second kappa shape index (κ2) is 4.01. The number of nitrogens with zero attached hydrogens (tertiary/aromatic N) is 2. The monoisotopic (exact) mass is 207 g/mol. The maximum Gasteiger partial charge on any atom is 0.306 e. The zero-order chi connectivity index (χ0) is 10.7. The molecule has 5 N–H and O–H groups in total. The van der Waals surface area contributed by atoms with E-state index in [4.69, 9.17) is 5.73 Å². The van der Waals surface area contributed by atoms with Crippen LogP contribution < -0.4 is 16.0 Å². The Hall–Kier alpha value is -2.02. The second-order valence-electron chi connectivity index (χ2n) is 2.93. The normalized spacial score (nSPS) is 10.5. The van der Waals surface area contributed by atoms with E-state index in [2.05, 4.69) is 25.3 Å². The van der Waals surface area contributed by atoms with Crippen LogP contribution in [0.2, 0.25) is 0 Å². The largest absolute Gasteiger partial charge is 0.347 e. The van der Waals surface area contributed by atoms with E-state index in [1.54, 1.807) is 12.5 Å². The van der Waals surface area contributed by atoms with E-state index in [1.165, 1.54) is 0 Å². The first-order valence-corrected chi connectivity index (χ1v) is 4.51. The van der Waals surface area contributed by atoms with Crippen molar-refractivity contribution in [1.29, 1.82) is 0 Å².